The molecule has 0 spiro atoms. The number of amides is 2. The third-order valence-corrected chi connectivity index (χ3v) is 3.15. The van der Waals surface area contributed by atoms with Gasteiger partial charge in [0.25, 0.3) is 5.91 Å². The van der Waals surface area contributed by atoms with Gasteiger partial charge in [-0.25, -0.2) is 0 Å². The molecule has 0 unspecified atom stereocenters. The van der Waals surface area contributed by atoms with Crippen LogP contribution in [0.1, 0.15) is 37.6 Å². The van der Waals surface area contributed by atoms with Crippen LogP contribution in [0.3, 0.4) is 0 Å². The van der Waals surface area contributed by atoms with E-state index in [9.17, 15) is 9.59 Å². The summed E-state index contributed by atoms with van der Waals surface area (Å²) < 4.78 is 4.91. The smallest absolute Gasteiger partial charge is 0.257 e. The Balaban J connectivity index is 2.54. The Kier molecular flexibility index (Phi) is 6.12. The van der Waals surface area contributed by atoms with E-state index in [1.807, 2.05) is 20.8 Å². The van der Waals surface area contributed by atoms with Crippen LogP contribution in [0.2, 0.25) is 0 Å². The van der Waals surface area contributed by atoms with Gasteiger partial charge >= 0.3 is 0 Å². The fourth-order valence-electron chi connectivity index (χ4n) is 1.94. The first-order valence-electron chi connectivity index (χ1n) is 6.73. The lowest BCUT2D eigenvalue weighted by atomic mass is 10.2. The molecule has 1 aromatic rings. The van der Waals surface area contributed by atoms with Crippen molar-refractivity contribution in [2.24, 2.45) is 0 Å². The van der Waals surface area contributed by atoms with Crippen molar-refractivity contribution in [2.75, 3.05) is 26.2 Å². The molecule has 0 aliphatic carbocycles. The summed E-state index contributed by atoms with van der Waals surface area (Å²) in [6, 6.07) is 1.64. The maximum Gasteiger partial charge on any atom is 0.257 e. The van der Waals surface area contributed by atoms with E-state index in [2.05, 4.69) is 0 Å². The van der Waals surface area contributed by atoms with E-state index < -0.39 is 0 Å². The molecule has 0 saturated carbocycles. The van der Waals surface area contributed by atoms with Gasteiger partial charge in [0.1, 0.15) is 6.26 Å². The van der Waals surface area contributed by atoms with Crippen LogP contribution in [0.4, 0.5) is 0 Å². The van der Waals surface area contributed by atoms with Gasteiger partial charge in [-0.05, 0) is 26.8 Å². The Labute approximate surface area is 114 Å². The minimum absolute atomic E-state index is 0.0865. The Hall–Kier alpha value is -1.78. The van der Waals surface area contributed by atoms with E-state index >= 15 is 0 Å². The second kappa shape index (κ2) is 7.61. The second-order valence-corrected chi connectivity index (χ2v) is 4.21. The predicted molar refractivity (Wildman–Crippen MR) is 72.8 cm³/mol. The molecule has 0 aliphatic rings. The molecule has 5 heteroatoms. The van der Waals surface area contributed by atoms with Gasteiger partial charge in [0.15, 0.2) is 0 Å². The second-order valence-electron chi connectivity index (χ2n) is 4.21. The molecular weight excluding hydrogens is 244 g/mol. The third kappa shape index (κ3) is 4.12. The van der Waals surface area contributed by atoms with Crippen molar-refractivity contribution in [1.29, 1.82) is 0 Å². The van der Waals surface area contributed by atoms with Crippen molar-refractivity contribution in [1.82, 2.24) is 9.80 Å². The van der Waals surface area contributed by atoms with Crippen molar-refractivity contribution in [2.45, 2.75) is 27.2 Å². The lowest BCUT2D eigenvalue weighted by Gasteiger charge is -2.23. The number of furan rings is 1. The van der Waals surface area contributed by atoms with E-state index in [0.717, 1.165) is 0 Å². The number of rotatable bonds is 7. The summed E-state index contributed by atoms with van der Waals surface area (Å²) in [5.74, 6) is -0.00737. The number of carbonyl (C=O) groups is 2. The highest BCUT2D eigenvalue weighted by atomic mass is 16.3. The highest BCUT2D eigenvalue weighted by Gasteiger charge is 2.17. The molecule has 2 amide bonds. The van der Waals surface area contributed by atoms with Gasteiger partial charge in [-0.15, -0.1) is 0 Å². The summed E-state index contributed by atoms with van der Waals surface area (Å²) in [5.41, 5.74) is 0.525. The van der Waals surface area contributed by atoms with Crippen molar-refractivity contribution in [3.63, 3.8) is 0 Å². The van der Waals surface area contributed by atoms with Gasteiger partial charge in [0.05, 0.1) is 11.8 Å². The molecule has 1 aromatic heterocycles. The molecule has 0 aliphatic heterocycles. The summed E-state index contributed by atoms with van der Waals surface area (Å²) >= 11 is 0. The Morgan fingerprint density at radius 1 is 1.11 bits per heavy atom. The monoisotopic (exact) mass is 266 g/mol. The first kappa shape index (κ1) is 15.3. The molecule has 5 nitrogen and oxygen atoms in total. The van der Waals surface area contributed by atoms with E-state index in [1.165, 1.54) is 12.5 Å². The van der Waals surface area contributed by atoms with Crippen LogP contribution in [0.5, 0.6) is 0 Å². The normalized spacial score (nSPS) is 10.3. The first-order chi connectivity index (χ1) is 9.13. The van der Waals surface area contributed by atoms with Crippen molar-refractivity contribution in [3.8, 4) is 0 Å². The standard InChI is InChI=1S/C14H22N2O3/c1-4-15(5-2)13(17)7-9-16(6-3)14(18)12-8-10-19-11-12/h8,10-11H,4-7,9H2,1-3H3. The molecule has 0 bridgehead atoms. The fourth-order valence-corrected chi connectivity index (χ4v) is 1.94. The lowest BCUT2D eigenvalue weighted by Crippen LogP contribution is -2.36. The molecule has 106 valence electrons. The van der Waals surface area contributed by atoms with E-state index in [-0.39, 0.29) is 11.8 Å². The highest BCUT2D eigenvalue weighted by Crippen LogP contribution is 2.07. The van der Waals surface area contributed by atoms with Gasteiger partial charge in [-0.1, -0.05) is 0 Å². The zero-order valence-corrected chi connectivity index (χ0v) is 11.9. The lowest BCUT2D eigenvalue weighted by molar-refractivity contribution is -0.131. The summed E-state index contributed by atoms with van der Waals surface area (Å²) in [6.45, 7) is 8.24. The molecule has 0 atom stereocenters. The Morgan fingerprint density at radius 3 is 2.21 bits per heavy atom. The molecule has 0 saturated heterocycles. The van der Waals surface area contributed by atoms with Crippen LogP contribution < -0.4 is 0 Å². The minimum Gasteiger partial charge on any atom is -0.472 e. The molecule has 0 aromatic carbocycles. The Bertz CT molecular complexity index is 397. The van der Waals surface area contributed by atoms with Crippen LogP contribution in [0.25, 0.3) is 0 Å². The molecule has 19 heavy (non-hydrogen) atoms. The van der Waals surface area contributed by atoms with Gasteiger partial charge in [-0.3, -0.25) is 9.59 Å². The van der Waals surface area contributed by atoms with Crippen molar-refractivity contribution < 1.29 is 14.0 Å². The zero-order chi connectivity index (χ0) is 14.3. The zero-order valence-electron chi connectivity index (χ0n) is 11.9. The van der Waals surface area contributed by atoms with Crippen molar-refractivity contribution >= 4 is 11.8 Å². The number of hydrogen-bond acceptors (Lipinski definition) is 3. The van der Waals surface area contributed by atoms with Crippen LogP contribution in [-0.4, -0.2) is 47.8 Å². The van der Waals surface area contributed by atoms with Gasteiger partial charge in [0.2, 0.25) is 5.91 Å². The average Bonchev–Trinajstić information content (AvgIpc) is 2.94. The molecule has 0 fully saturated rings. The molecular formula is C14H22N2O3. The summed E-state index contributed by atoms with van der Waals surface area (Å²) in [4.78, 5) is 27.4. The van der Waals surface area contributed by atoms with Gasteiger partial charge in [-0.2, -0.15) is 0 Å². The van der Waals surface area contributed by atoms with Crippen LogP contribution >= 0.6 is 0 Å². The third-order valence-electron chi connectivity index (χ3n) is 3.15. The van der Waals surface area contributed by atoms with Crippen molar-refractivity contribution in [3.05, 3.63) is 24.2 Å². The summed E-state index contributed by atoms with van der Waals surface area (Å²) in [6.07, 6.45) is 3.26. The van der Waals surface area contributed by atoms with E-state index in [1.54, 1.807) is 15.9 Å². The van der Waals surface area contributed by atoms with E-state index in [0.29, 0.717) is 38.2 Å². The van der Waals surface area contributed by atoms with Gasteiger partial charge < -0.3 is 14.2 Å². The quantitative estimate of drug-likeness (QED) is 0.758. The largest absolute Gasteiger partial charge is 0.472 e. The summed E-state index contributed by atoms with van der Waals surface area (Å²) in [7, 11) is 0. The first-order valence-corrected chi connectivity index (χ1v) is 6.73. The van der Waals surface area contributed by atoms with Crippen LogP contribution in [-0.2, 0) is 4.79 Å². The molecule has 0 radical (unpaired) electrons. The maximum atomic E-state index is 12.1. The predicted octanol–water partition coefficient (Wildman–Crippen LogP) is 2.00. The minimum atomic E-state index is -0.0939. The maximum absolute atomic E-state index is 12.1. The fraction of sp³-hybridized carbons (Fsp3) is 0.571. The number of hydrogen-bond donors (Lipinski definition) is 0. The van der Waals surface area contributed by atoms with E-state index in [4.69, 9.17) is 4.42 Å². The molecule has 1 heterocycles. The number of nitrogens with zero attached hydrogens (tertiary/aromatic N) is 2. The van der Waals surface area contributed by atoms with Crippen LogP contribution in [0.15, 0.2) is 23.0 Å². The number of carbonyl (C=O) groups excluding carboxylic acids is 2. The topological polar surface area (TPSA) is 53.8 Å². The van der Waals surface area contributed by atoms with Gasteiger partial charge in [0, 0.05) is 32.6 Å². The molecule has 1 rings (SSSR count). The summed E-state index contributed by atoms with van der Waals surface area (Å²) in [5, 5.41) is 0. The SMILES string of the molecule is CCN(CC)C(=O)CCN(CC)C(=O)c1ccoc1. The van der Waals surface area contributed by atoms with Crippen LogP contribution in [0, 0.1) is 0 Å². The average molecular weight is 266 g/mol. The molecule has 0 N–H and O–H groups in total. The Morgan fingerprint density at radius 2 is 1.74 bits per heavy atom. The highest BCUT2D eigenvalue weighted by molar-refractivity contribution is 5.94.